The monoisotopic (exact) mass is 183 g/mol. The topological polar surface area (TPSA) is 48.8 Å². The van der Waals surface area contributed by atoms with Crippen LogP contribution < -0.4 is 0 Å². The van der Waals surface area contributed by atoms with Gasteiger partial charge in [0.15, 0.2) is 0 Å². The lowest BCUT2D eigenvalue weighted by Gasteiger charge is -2.07. The van der Waals surface area contributed by atoms with E-state index in [-0.39, 0.29) is 6.42 Å². The number of rotatable bonds is 5. The Balaban J connectivity index is 3.63. The summed E-state index contributed by atoms with van der Waals surface area (Å²) in [6.45, 7) is 0. The molecule has 0 N–H and O–H groups in total. The molecule has 0 unspecified atom stereocenters. The number of azide groups is 1. The van der Waals surface area contributed by atoms with E-state index in [4.69, 9.17) is 17.1 Å². The highest BCUT2D eigenvalue weighted by Gasteiger charge is 2.25. The van der Waals surface area contributed by atoms with Gasteiger partial charge in [0.05, 0.1) is 0 Å². The molecule has 0 amide bonds. The Kier molecular flexibility index (Phi) is 4.90. The molecular weight excluding hydrogens is 176 g/mol. The summed E-state index contributed by atoms with van der Waals surface area (Å²) < 4.78 is 24.6. The molecule has 64 valence electrons. The van der Waals surface area contributed by atoms with Crippen molar-refractivity contribution in [2.75, 3.05) is 5.88 Å². The fourth-order valence-electron chi connectivity index (χ4n) is 0.548. The van der Waals surface area contributed by atoms with Gasteiger partial charge < -0.3 is 0 Å². The number of halogens is 3. The van der Waals surface area contributed by atoms with Crippen LogP contribution in [-0.2, 0) is 0 Å². The molecule has 0 rings (SSSR count). The van der Waals surface area contributed by atoms with E-state index in [0.717, 1.165) is 0 Å². The molecule has 0 bridgehead atoms. The summed E-state index contributed by atoms with van der Waals surface area (Å²) in [7, 11) is 0. The number of nitrogens with zero attached hydrogens (tertiary/aromatic N) is 3. The van der Waals surface area contributed by atoms with Crippen LogP contribution in [0.2, 0.25) is 0 Å². The molecule has 0 aliphatic carbocycles. The lowest BCUT2D eigenvalue weighted by molar-refractivity contribution is -0.00209. The number of unbranched alkanes of at least 4 members (excludes halogenated alkanes) is 1. The van der Waals surface area contributed by atoms with Gasteiger partial charge >= 0.3 is 6.05 Å². The van der Waals surface area contributed by atoms with Crippen LogP contribution in [0.5, 0.6) is 0 Å². The van der Waals surface area contributed by atoms with Crippen LogP contribution in [-0.4, -0.2) is 11.9 Å². The maximum atomic E-state index is 12.3. The smallest absolute Gasteiger partial charge is 0.200 e. The molecule has 0 spiro atoms. The summed E-state index contributed by atoms with van der Waals surface area (Å²) in [5, 5.41) is 2.33. The van der Waals surface area contributed by atoms with Gasteiger partial charge in [0.1, 0.15) is 0 Å². The molecule has 0 fully saturated rings. The molecule has 0 radical (unpaired) electrons. The van der Waals surface area contributed by atoms with Gasteiger partial charge in [0.2, 0.25) is 0 Å². The van der Waals surface area contributed by atoms with E-state index in [1.165, 1.54) is 0 Å². The molecule has 0 atom stereocenters. The van der Waals surface area contributed by atoms with Crippen LogP contribution in [0.15, 0.2) is 5.11 Å². The van der Waals surface area contributed by atoms with Crippen molar-refractivity contribution in [3.63, 3.8) is 0 Å². The lowest BCUT2D eigenvalue weighted by atomic mass is 10.2. The highest BCUT2D eigenvalue weighted by atomic mass is 35.5. The first-order chi connectivity index (χ1) is 5.12. The van der Waals surface area contributed by atoms with Gasteiger partial charge in [-0.3, -0.25) is 0 Å². The third-order valence-corrected chi connectivity index (χ3v) is 1.32. The van der Waals surface area contributed by atoms with Crippen LogP contribution in [0.4, 0.5) is 8.78 Å². The highest BCUT2D eigenvalue weighted by Crippen LogP contribution is 2.22. The summed E-state index contributed by atoms with van der Waals surface area (Å²) in [4.78, 5) is 2.03. The molecule has 0 heterocycles. The fourth-order valence-corrected chi connectivity index (χ4v) is 0.737. The molecule has 0 saturated heterocycles. The molecule has 0 saturated carbocycles. The van der Waals surface area contributed by atoms with E-state index in [2.05, 4.69) is 5.11 Å². The van der Waals surface area contributed by atoms with Gasteiger partial charge in [0, 0.05) is 17.2 Å². The molecule has 0 aliphatic heterocycles. The third-order valence-electron chi connectivity index (χ3n) is 1.05. The number of hydrogen-bond acceptors (Lipinski definition) is 1. The standard InChI is InChI=1S/C5H8ClF2N3/c6-4-2-1-3-5(7,8)10-11-9/h1-4H2. The maximum absolute atomic E-state index is 12.3. The first kappa shape index (κ1) is 10.5. The average Bonchev–Trinajstić information content (AvgIpc) is 1.87. The van der Waals surface area contributed by atoms with Gasteiger partial charge in [-0.25, -0.2) is 8.78 Å². The van der Waals surface area contributed by atoms with Gasteiger partial charge in [-0.1, -0.05) is 0 Å². The minimum atomic E-state index is -3.25. The Labute approximate surface area is 68.0 Å². The lowest BCUT2D eigenvalue weighted by Crippen LogP contribution is -2.10. The predicted molar refractivity (Wildman–Crippen MR) is 38.7 cm³/mol. The maximum Gasteiger partial charge on any atom is 0.325 e. The van der Waals surface area contributed by atoms with E-state index in [1.807, 2.05) is 4.91 Å². The second-order valence-corrected chi connectivity index (χ2v) is 2.38. The molecule has 0 aliphatic rings. The van der Waals surface area contributed by atoms with E-state index < -0.39 is 12.5 Å². The van der Waals surface area contributed by atoms with Crippen molar-refractivity contribution in [3.05, 3.63) is 10.4 Å². The van der Waals surface area contributed by atoms with Crippen molar-refractivity contribution >= 4 is 11.6 Å². The Morgan fingerprint density at radius 3 is 2.55 bits per heavy atom. The first-order valence-electron chi connectivity index (χ1n) is 3.12. The van der Waals surface area contributed by atoms with Gasteiger partial charge in [-0.15, -0.1) is 11.6 Å². The fraction of sp³-hybridized carbons (Fsp3) is 1.00. The molecule has 0 aromatic carbocycles. The van der Waals surface area contributed by atoms with Crippen LogP contribution in [0.1, 0.15) is 19.3 Å². The van der Waals surface area contributed by atoms with Crippen molar-refractivity contribution < 1.29 is 8.78 Å². The van der Waals surface area contributed by atoms with Crippen LogP contribution in [0, 0.1) is 0 Å². The summed E-state index contributed by atoms with van der Waals surface area (Å²) in [6, 6.07) is -3.25. The summed E-state index contributed by atoms with van der Waals surface area (Å²) in [5.74, 6) is 0.354. The van der Waals surface area contributed by atoms with Crippen LogP contribution in [0.3, 0.4) is 0 Å². The van der Waals surface area contributed by atoms with Crippen LogP contribution >= 0.6 is 11.6 Å². The molecule has 11 heavy (non-hydrogen) atoms. The minimum Gasteiger partial charge on any atom is -0.200 e. The number of alkyl halides is 3. The van der Waals surface area contributed by atoms with E-state index >= 15 is 0 Å². The quantitative estimate of drug-likeness (QED) is 0.157. The van der Waals surface area contributed by atoms with Gasteiger partial charge in [0.25, 0.3) is 0 Å². The zero-order valence-corrected chi connectivity index (χ0v) is 6.56. The molecular formula is C5H8ClF2N3. The summed E-state index contributed by atoms with van der Waals surface area (Å²) in [5.41, 5.74) is 7.71. The zero-order chi connectivity index (χ0) is 8.74. The first-order valence-corrected chi connectivity index (χ1v) is 3.66. The largest absolute Gasteiger partial charge is 0.325 e. The van der Waals surface area contributed by atoms with Crippen molar-refractivity contribution in [2.45, 2.75) is 25.3 Å². The van der Waals surface area contributed by atoms with E-state index in [0.29, 0.717) is 12.3 Å². The second kappa shape index (κ2) is 5.16. The highest BCUT2D eigenvalue weighted by molar-refractivity contribution is 6.17. The predicted octanol–water partition coefficient (Wildman–Crippen LogP) is 3.30. The Bertz CT molecular complexity index is 156. The van der Waals surface area contributed by atoms with Gasteiger partial charge in [-0.2, -0.15) is 0 Å². The van der Waals surface area contributed by atoms with Crippen molar-refractivity contribution in [3.8, 4) is 0 Å². The van der Waals surface area contributed by atoms with Crippen molar-refractivity contribution in [2.24, 2.45) is 5.11 Å². The minimum absolute atomic E-state index is 0.273. The molecule has 0 aromatic rings. The Morgan fingerprint density at radius 1 is 1.45 bits per heavy atom. The van der Waals surface area contributed by atoms with Crippen molar-refractivity contribution in [1.29, 1.82) is 0 Å². The van der Waals surface area contributed by atoms with E-state index in [9.17, 15) is 8.78 Å². The third kappa shape index (κ3) is 5.88. The molecule has 0 aromatic heterocycles. The average molecular weight is 184 g/mol. The van der Waals surface area contributed by atoms with E-state index in [1.54, 1.807) is 0 Å². The Hall–Kier alpha value is -0.540. The second-order valence-electron chi connectivity index (χ2n) is 2.00. The molecule has 6 heteroatoms. The van der Waals surface area contributed by atoms with Crippen LogP contribution in [0.25, 0.3) is 10.4 Å². The molecule has 3 nitrogen and oxygen atoms in total. The normalized spacial score (nSPS) is 10.8. The zero-order valence-electron chi connectivity index (χ0n) is 5.80. The summed E-state index contributed by atoms with van der Waals surface area (Å²) >= 11 is 5.26. The van der Waals surface area contributed by atoms with Crippen molar-refractivity contribution in [1.82, 2.24) is 0 Å². The number of hydrogen-bond donors (Lipinski definition) is 0. The SMILES string of the molecule is [N-]=[N+]=NC(F)(F)CCCCCl. The summed E-state index contributed by atoms with van der Waals surface area (Å²) in [6.07, 6.45) is 0.359. The Morgan fingerprint density at radius 2 is 2.09 bits per heavy atom. The van der Waals surface area contributed by atoms with Gasteiger partial charge in [-0.05, 0) is 23.5 Å².